The number of aromatic nitrogens is 2. The Labute approximate surface area is 84.7 Å². The van der Waals surface area contributed by atoms with Gasteiger partial charge in [-0.1, -0.05) is 20.8 Å². The molecule has 0 spiro atoms. The van der Waals surface area contributed by atoms with E-state index in [-0.39, 0.29) is 5.41 Å². The van der Waals surface area contributed by atoms with Crippen LogP contribution in [0, 0.1) is 0 Å². The summed E-state index contributed by atoms with van der Waals surface area (Å²) in [6.07, 6.45) is 0.746. The smallest absolute Gasteiger partial charge is 0.220 e. The highest BCUT2D eigenvalue weighted by atomic mass is 15.0. The van der Waals surface area contributed by atoms with Gasteiger partial charge in [-0.25, -0.2) is 9.97 Å². The third-order valence-corrected chi connectivity index (χ3v) is 1.97. The van der Waals surface area contributed by atoms with Crippen molar-refractivity contribution in [2.45, 2.75) is 32.6 Å². The molecule has 4 N–H and O–H groups in total. The molecule has 14 heavy (non-hydrogen) atoms. The van der Waals surface area contributed by atoms with Gasteiger partial charge in [-0.15, -0.1) is 0 Å². The summed E-state index contributed by atoms with van der Waals surface area (Å²) in [7, 11) is 0. The highest BCUT2D eigenvalue weighted by Crippen LogP contribution is 2.21. The molecule has 0 amide bonds. The maximum Gasteiger partial charge on any atom is 0.220 e. The number of nitrogens with zero attached hydrogens (tertiary/aromatic N) is 2. The van der Waals surface area contributed by atoms with Crippen molar-refractivity contribution in [3.8, 4) is 0 Å². The Morgan fingerprint density at radius 1 is 1.29 bits per heavy atom. The molecule has 0 fully saturated rings. The molecule has 1 heterocycles. The monoisotopic (exact) mass is 194 g/mol. The molecule has 0 unspecified atom stereocenters. The van der Waals surface area contributed by atoms with Gasteiger partial charge in [0.25, 0.3) is 0 Å². The molecular weight excluding hydrogens is 176 g/mol. The van der Waals surface area contributed by atoms with E-state index in [1.54, 1.807) is 0 Å². The number of nitrogen functional groups attached to an aromatic ring is 1. The lowest BCUT2D eigenvalue weighted by atomic mass is 9.91. The predicted octanol–water partition coefficient (Wildman–Crippen LogP) is 0.858. The SMILES string of the molecule is CC(C)(C)c1cc(CCN)nc(N)n1. The number of hydrogen-bond acceptors (Lipinski definition) is 4. The van der Waals surface area contributed by atoms with Gasteiger partial charge in [0.2, 0.25) is 5.95 Å². The van der Waals surface area contributed by atoms with E-state index in [4.69, 9.17) is 11.5 Å². The molecule has 0 radical (unpaired) electrons. The minimum Gasteiger partial charge on any atom is -0.368 e. The highest BCUT2D eigenvalue weighted by molar-refractivity contribution is 5.26. The van der Waals surface area contributed by atoms with Crippen molar-refractivity contribution in [2.75, 3.05) is 12.3 Å². The van der Waals surface area contributed by atoms with Crippen LogP contribution in [-0.2, 0) is 11.8 Å². The molecule has 0 saturated carbocycles. The first kappa shape index (κ1) is 10.9. The van der Waals surface area contributed by atoms with Crippen LogP contribution in [0.15, 0.2) is 6.07 Å². The first-order chi connectivity index (χ1) is 6.43. The lowest BCUT2D eigenvalue weighted by Crippen LogP contribution is -2.17. The maximum atomic E-state index is 5.62. The topological polar surface area (TPSA) is 77.8 Å². The van der Waals surface area contributed by atoms with Crippen LogP contribution in [0.1, 0.15) is 32.2 Å². The quantitative estimate of drug-likeness (QED) is 0.732. The van der Waals surface area contributed by atoms with Crippen LogP contribution < -0.4 is 11.5 Å². The largest absolute Gasteiger partial charge is 0.368 e. The molecule has 4 nitrogen and oxygen atoms in total. The van der Waals surface area contributed by atoms with Gasteiger partial charge in [-0.2, -0.15) is 0 Å². The van der Waals surface area contributed by atoms with E-state index >= 15 is 0 Å². The van der Waals surface area contributed by atoms with E-state index < -0.39 is 0 Å². The Bertz CT molecular complexity index is 314. The van der Waals surface area contributed by atoms with Crippen LogP contribution in [0.25, 0.3) is 0 Å². The standard InChI is InChI=1S/C10H18N4/c1-10(2,3)8-6-7(4-5-11)13-9(12)14-8/h6H,4-5,11H2,1-3H3,(H2,12,13,14). The third kappa shape index (κ3) is 2.67. The normalized spacial score (nSPS) is 11.7. The van der Waals surface area contributed by atoms with E-state index in [1.807, 2.05) is 6.07 Å². The fraction of sp³-hybridized carbons (Fsp3) is 0.600. The van der Waals surface area contributed by atoms with Crippen molar-refractivity contribution in [1.82, 2.24) is 9.97 Å². The van der Waals surface area contributed by atoms with Crippen molar-refractivity contribution in [1.29, 1.82) is 0 Å². The fourth-order valence-electron chi connectivity index (χ4n) is 1.18. The van der Waals surface area contributed by atoms with Crippen LogP contribution in [0.4, 0.5) is 5.95 Å². The van der Waals surface area contributed by atoms with Gasteiger partial charge in [-0.3, -0.25) is 0 Å². The van der Waals surface area contributed by atoms with Crippen LogP contribution in [0.3, 0.4) is 0 Å². The molecule has 0 aliphatic rings. The zero-order valence-corrected chi connectivity index (χ0v) is 9.04. The van der Waals surface area contributed by atoms with Gasteiger partial charge in [0, 0.05) is 17.5 Å². The molecule has 4 heteroatoms. The van der Waals surface area contributed by atoms with Crippen molar-refractivity contribution in [3.63, 3.8) is 0 Å². The van der Waals surface area contributed by atoms with Crippen molar-refractivity contribution >= 4 is 5.95 Å². The molecule has 78 valence electrons. The summed E-state index contributed by atoms with van der Waals surface area (Å²) < 4.78 is 0. The van der Waals surface area contributed by atoms with E-state index in [1.165, 1.54) is 0 Å². The van der Waals surface area contributed by atoms with Crippen LogP contribution in [0.5, 0.6) is 0 Å². The molecule has 1 rings (SSSR count). The second kappa shape index (κ2) is 3.92. The van der Waals surface area contributed by atoms with E-state index in [0.717, 1.165) is 17.8 Å². The van der Waals surface area contributed by atoms with Gasteiger partial charge >= 0.3 is 0 Å². The van der Waals surface area contributed by atoms with Crippen molar-refractivity contribution < 1.29 is 0 Å². The zero-order valence-electron chi connectivity index (χ0n) is 9.04. The highest BCUT2D eigenvalue weighted by Gasteiger charge is 2.16. The molecule has 1 aromatic rings. The zero-order chi connectivity index (χ0) is 10.8. The summed E-state index contributed by atoms with van der Waals surface area (Å²) >= 11 is 0. The Balaban J connectivity index is 3.07. The average Bonchev–Trinajstić information content (AvgIpc) is 2.02. The first-order valence-corrected chi connectivity index (χ1v) is 4.77. The van der Waals surface area contributed by atoms with E-state index in [0.29, 0.717) is 12.5 Å². The molecule has 0 bridgehead atoms. The van der Waals surface area contributed by atoms with Crippen LogP contribution in [0.2, 0.25) is 0 Å². The molecular formula is C10H18N4. The van der Waals surface area contributed by atoms with Gasteiger partial charge in [-0.05, 0) is 12.6 Å². The van der Waals surface area contributed by atoms with Gasteiger partial charge in [0.05, 0.1) is 5.69 Å². The Morgan fingerprint density at radius 2 is 1.93 bits per heavy atom. The summed E-state index contributed by atoms with van der Waals surface area (Å²) in [5.41, 5.74) is 13.0. The van der Waals surface area contributed by atoms with Crippen molar-refractivity contribution in [3.05, 3.63) is 17.5 Å². The molecule has 0 aliphatic heterocycles. The lowest BCUT2D eigenvalue weighted by molar-refractivity contribution is 0.566. The van der Waals surface area contributed by atoms with Gasteiger partial charge in [0.15, 0.2) is 0 Å². The second-order valence-corrected chi connectivity index (χ2v) is 4.39. The molecule has 0 aromatic carbocycles. The fourth-order valence-corrected chi connectivity index (χ4v) is 1.18. The van der Waals surface area contributed by atoms with E-state index in [2.05, 4.69) is 30.7 Å². The Hall–Kier alpha value is -1.16. The summed E-state index contributed by atoms with van der Waals surface area (Å²) in [6.45, 7) is 6.88. The first-order valence-electron chi connectivity index (χ1n) is 4.77. The molecule has 0 saturated heterocycles. The summed E-state index contributed by atoms with van der Waals surface area (Å²) in [4.78, 5) is 8.34. The number of anilines is 1. The third-order valence-electron chi connectivity index (χ3n) is 1.97. The molecule has 0 aliphatic carbocycles. The lowest BCUT2D eigenvalue weighted by Gasteiger charge is -2.18. The van der Waals surface area contributed by atoms with Crippen LogP contribution in [-0.4, -0.2) is 16.5 Å². The Kier molecular flexibility index (Phi) is 3.06. The molecule has 0 atom stereocenters. The number of hydrogen-bond donors (Lipinski definition) is 2. The number of nitrogens with two attached hydrogens (primary N) is 2. The van der Waals surface area contributed by atoms with Gasteiger partial charge in [0.1, 0.15) is 0 Å². The predicted molar refractivity (Wildman–Crippen MR) is 57.9 cm³/mol. The van der Waals surface area contributed by atoms with Crippen LogP contribution >= 0.6 is 0 Å². The second-order valence-electron chi connectivity index (χ2n) is 4.39. The van der Waals surface area contributed by atoms with Gasteiger partial charge < -0.3 is 11.5 Å². The number of rotatable bonds is 2. The minimum absolute atomic E-state index is 0.000405. The summed E-state index contributed by atoms with van der Waals surface area (Å²) in [5, 5.41) is 0. The van der Waals surface area contributed by atoms with Crippen molar-refractivity contribution in [2.24, 2.45) is 5.73 Å². The van der Waals surface area contributed by atoms with E-state index in [9.17, 15) is 0 Å². The Morgan fingerprint density at radius 3 is 2.43 bits per heavy atom. The molecule has 1 aromatic heterocycles. The average molecular weight is 194 g/mol. The summed E-state index contributed by atoms with van der Waals surface area (Å²) in [5.74, 6) is 0.334. The summed E-state index contributed by atoms with van der Waals surface area (Å²) in [6, 6.07) is 1.98. The minimum atomic E-state index is 0.000405. The maximum absolute atomic E-state index is 5.62.